The maximum atomic E-state index is 4.75. The van der Waals surface area contributed by atoms with Crippen LogP contribution in [0.2, 0.25) is 0 Å². The highest BCUT2D eigenvalue weighted by atomic mass is 14.7. The van der Waals surface area contributed by atoms with Crippen LogP contribution in [0.1, 0.15) is 5.56 Å². The highest BCUT2D eigenvalue weighted by molar-refractivity contribution is 5.84. The standard InChI is InChI=1S/C24H19N/c1-18-9-8-14-22(24(18)20-12-6-3-7-13-20)23-16-15-21(17-25-23)19-10-4-2-5-11-19/h2-17H,1H3. The van der Waals surface area contributed by atoms with Gasteiger partial charge in [0.2, 0.25) is 0 Å². The van der Waals surface area contributed by atoms with E-state index in [-0.39, 0.29) is 0 Å². The number of nitrogens with zero attached hydrogens (tertiary/aromatic N) is 1. The Morgan fingerprint density at radius 1 is 0.560 bits per heavy atom. The fraction of sp³-hybridized carbons (Fsp3) is 0.0417. The Balaban J connectivity index is 1.80. The molecule has 0 bridgehead atoms. The summed E-state index contributed by atoms with van der Waals surface area (Å²) in [5.41, 5.74) is 8.24. The average molecular weight is 321 g/mol. The molecule has 0 aliphatic carbocycles. The molecular formula is C24H19N. The first-order valence-electron chi connectivity index (χ1n) is 8.50. The molecule has 0 radical (unpaired) electrons. The topological polar surface area (TPSA) is 12.9 Å². The molecule has 0 unspecified atom stereocenters. The molecule has 3 aromatic carbocycles. The number of benzene rings is 3. The number of pyridine rings is 1. The third-order valence-corrected chi connectivity index (χ3v) is 4.48. The Hall–Kier alpha value is -3.19. The van der Waals surface area contributed by atoms with Crippen LogP contribution in [0.25, 0.3) is 33.5 Å². The van der Waals surface area contributed by atoms with Crippen molar-refractivity contribution in [3.63, 3.8) is 0 Å². The molecule has 0 saturated carbocycles. The van der Waals surface area contributed by atoms with Gasteiger partial charge in [0, 0.05) is 17.3 Å². The summed E-state index contributed by atoms with van der Waals surface area (Å²) in [6.45, 7) is 2.16. The van der Waals surface area contributed by atoms with E-state index in [2.05, 4.69) is 85.8 Å². The van der Waals surface area contributed by atoms with Crippen molar-refractivity contribution in [2.24, 2.45) is 0 Å². The van der Waals surface area contributed by atoms with Crippen molar-refractivity contribution in [2.75, 3.05) is 0 Å². The zero-order valence-electron chi connectivity index (χ0n) is 14.2. The largest absolute Gasteiger partial charge is 0.256 e. The van der Waals surface area contributed by atoms with E-state index in [4.69, 9.17) is 4.98 Å². The van der Waals surface area contributed by atoms with Crippen LogP contribution in [0.5, 0.6) is 0 Å². The van der Waals surface area contributed by atoms with Crippen LogP contribution in [0.3, 0.4) is 0 Å². The summed E-state index contributed by atoms with van der Waals surface area (Å²) in [7, 11) is 0. The Morgan fingerprint density at radius 3 is 1.88 bits per heavy atom. The van der Waals surface area contributed by atoms with Gasteiger partial charge in [0.15, 0.2) is 0 Å². The van der Waals surface area contributed by atoms with Crippen molar-refractivity contribution in [3.05, 3.63) is 103 Å². The Morgan fingerprint density at radius 2 is 1.24 bits per heavy atom. The van der Waals surface area contributed by atoms with E-state index < -0.39 is 0 Å². The zero-order chi connectivity index (χ0) is 17.1. The minimum atomic E-state index is 1.00. The highest BCUT2D eigenvalue weighted by Crippen LogP contribution is 2.34. The Labute approximate surface area is 148 Å². The van der Waals surface area contributed by atoms with Crippen molar-refractivity contribution in [3.8, 4) is 33.5 Å². The molecular weight excluding hydrogens is 302 g/mol. The van der Waals surface area contributed by atoms with Gasteiger partial charge in [-0.1, -0.05) is 84.9 Å². The first-order chi connectivity index (χ1) is 12.3. The Bertz CT molecular complexity index is 971. The molecule has 0 saturated heterocycles. The fourth-order valence-corrected chi connectivity index (χ4v) is 3.22. The van der Waals surface area contributed by atoms with E-state index in [0.29, 0.717) is 0 Å². The lowest BCUT2D eigenvalue weighted by atomic mass is 9.93. The number of hydrogen-bond acceptors (Lipinski definition) is 1. The SMILES string of the molecule is Cc1cccc(-c2ccc(-c3ccccc3)cn2)c1-c1ccccc1. The van der Waals surface area contributed by atoms with E-state index in [9.17, 15) is 0 Å². The van der Waals surface area contributed by atoms with Gasteiger partial charge in [-0.25, -0.2) is 0 Å². The van der Waals surface area contributed by atoms with Gasteiger partial charge in [-0.2, -0.15) is 0 Å². The minimum Gasteiger partial charge on any atom is -0.256 e. The lowest BCUT2D eigenvalue weighted by molar-refractivity contribution is 1.32. The molecule has 1 nitrogen and oxygen atoms in total. The maximum Gasteiger partial charge on any atom is 0.0708 e. The lowest BCUT2D eigenvalue weighted by Crippen LogP contribution is -1.91. The number of rotatable bonds is 3. The molecule has 25 heavy (non-hydrogen) atoms. The molecule has 0 amide bonds. The number of hydrogen-bond donors (Lipinski definition) is 0. The predicted molar refractivity (Wildman–Crippen MR) is 105 cm³/mol. The normalized spacial score (nSPS) is 10.6. The van der Waals surface area contributed by atoms with Gasteiger partial charge in [0.25, 0.3) is 0 Å². The third-order valence-electron chi connectivity index (χ3n) is 4.48. The zero-order valence-corrected chi connectivity index (χ0v) is 14.2. The molecule has 0 fully saturated rings. The van der Waals surface area contributed by atoms with Crippen molar-refractivity contribution < 1.29 is 0 Å². The fourth-order valence-electron chi connectivity index (χ4n) is 3.22. The Kier molecular flexibility index (Phi) is 4.14. The van der Waals surface area contributed by atoms with Crippen molar-refractivity contribution in [2.45, 2.75) is 6.92 Å². The predicted octanol–water partition coefficient (Wildman–Crippen LogP) is 6.39. The van der Waals surface area contributed by atoms with Crippen molar-refractivity contribution in [1.29, 1.82) is 0 Å². The van der Waals surface area contributed by atoms with Crippen LogP contribution in [-0.2, 0) is 0 Å². The molecule has 0 aliphatic heterocycles. The number of aryl methyl sites for hydroxylation is 1. The van der Waals surface area contributed by atoms with Gasteiger partial charge < -0.3 is 0 Å². The summed E-state index contributed by atoms with van der Waals surface area (Å²) in [5, 5.41) is 0. The molecule has 1 heteroatoms. The van der Waals surface area contributed by atoms with Crippen molar-refractivity contribution >= 4 is 0 Å². The minimum absolute atomic E-state index is 1.00. The van der Waals surface area contributed by atoms with Crippen LogP contribution < -0.4 is 0 Å². The van der Waals surface area contributed by atoms with E-state index in [1.807, 2.05) is 18.3 Å². The smallest absolute Gasteiger partial charge is 0.0708 e. The van der Waals surface area contributed by atoms with Crippen molar-refractivity contribution in [1.82, 2.24) is 4.98 Å². The van der Waals surface area contributed by atoms with E-state index in [1.54, 1.807) is 0 Å². The average Bonchev–Trinajstić information content (AvgIpc) is 2.69. The molecule has 0 spiro atoms. The highest BCUT2D eigenvalue weighted by Gasteiger charge is 2.11. The van der Waals surface area contributed by atoms with E-state index in [0.717, 1.165) is 11.3 Å². The summed E-state index contributed by atoms with van der Waals surface area (Å²) in [6, 6.07) is 31.6. The first kappa shape index (κ1) is 15.3. The second-order valence-electron chi connectivity index (χ2n) is 6.16. The molecule has 4 aromatic rings. The summed E-state index contributed by atoms with van der Waals surface area (Å²) >= 11 is 0. The summed E-state index contributed by atoms with van der Waals surface area (Å²) in [4.78, 5) is 4.75. The summed E-state index contributed by atoms with van der Waals surface area (Å²) < 4.78 is 0. The van der Waals surface area contributed by atoms with Gasteiger partial charge in [0.05, 0.1) is 5.69 Å². The molecule has 120 valence electrons. The van der Waals surface area contributed by atoms with Crippen LogP contribution in [0.15, 0.2) is 97.2 Å². The molecule has 1 aromatic heterocycles. The third kappa shape index (κ3) is 3.09. The van der Waals surface area contributed by atoms with E-state index >= 15 is 0 Å². The van der Waals surface area contributed by atoms with Crippen LogP contribution in [0, 0.1) is 6.92 Å². The molecule has 0 N–H and O–H groups in total. The second-order valence-corrected chi connectivity index (χ2v) is 6.16. The second kappa shape index (κ2) is 6.74. The van der Waals surface area contributed by atoms with E-state index in [1.165, 1.54) is 27.8 Å². The van der Waals surface area contributed by atoms with Gasteiger partial charge in [-0.3, -0.25) is 4.98 Å². The van der Waals surface area contributed by atoms with Gasteiger partial charge in [-0.15, -0.1) is 0 Å². The van der Waals surface area contributed by atoms with Gasteiger partial charge >= 0.3 is 0 Å². The van der Waals surface area contributed by atoms with Gasteiger partial charge in [-0.05, 0) is 35.2 Å². The molecule has 4 rings (SSSR count). The lowest BCUT2D eigenvalue weighted by Gasteiger charge is -2.13. The van der Waals surface area contributed by atoms with Gasteiger partial charge in [0.1, 0.15) is 0 Å². The monoisotopic (exact) mass is 321 g/mol. The summed E-state index contributed by atoms with van der Waals surface area (Å²) in [5.74, 6) is 0. The molecule has 0 atom stereocenters. The van der Waals surface area contributed by atoms with Crippen LogP contribution >= 0.6 is 0 Å². The quantitative estimate of drug-likeness (QED) is 0.426. The van der Waals surface area contributed by atoms with Crippen LogP contribution in [0.4, 0.5) is 0 Å². The first-order valence-corrected chi connectivity index (χ1v) is 8.50. The summed E-state index contributed by atoms with van der Waals surface area (Å²) in [6.07, 6.45) is 1.96. The van der Waals surface area contributed by atoms with Crippen LogP contribution in [-0.4, -0.2) is 4.98 Å². The molecule has 0 aliphatic rings. The number of aromatic nitrogens is 1. The molecule has 1 heterocycles. The maximum absolute atomic E-state index is 4.75.